The molecule has 8 heteroatoms. The van der Waals surface area contributed by atoms with E-state index in [2.05, 4.69) is 17.9 Å². The molecule has 6 nitrogen and oxygen atoms in total. The zero-order valence-corrected chi connectivity index (χ0v) is 15.6. The van der Waals surface area contributed by atoms with Crippen molar-refractivity contribution in [3.8, 4) is 0 Å². The topological polar surface area (TPSA) is 107 Å². The number of esters is 1. The minimum atomic E-state index is -0.618. The molecule has 1 rings (SSSR count). The Kier molecular flexibility index (Phi) is 9.20. The number of thiol groups is 1. The molecule has 0 amide bonds. The number of hydrogen-bond donors (Lipinski definition) is 4. The van der Waals surface area contributed by atoms with Crippen LogP contribution in [0.2, 0.25) is 0 Å². The smallest absolute Gasteiger partial charge is 0.322 e. The third-order valence-electron chi connectivity index (χ3n) is 3.60. The largest absolute Gasteiger partial charge is 0.468 e. The van der Waals surface area contributed by atoms with Crippen LogP contribution < -0.4 is 16.8 Å². The van der Waals surface area contributed by atoms with Crippen molar-refractivity contribution in [1.29, 1.82) is 0 Å². The number of rotatable bonds is 10. The molecule has 0 aliphatic carbocycles. The lowest BCUT2D eigenvalue weighted by Gasteiger charge is -2.22. The second-order valence-electron chi connectivity index (χ2n) is 5.34. The summed E-state index contributed by atoms with van der Waals surface area (Å²) in [5.74, 6) is -0.0316. The van der Waals surface area contributed by atoms with Crippen LogP contribution in [0, 0.1) is 0 Å². The van der Waals surface area contributed by atoms with Gasteiger partial charge in [-0.3, -0.25) is 9.59 Å². The number of ether oxygens (including phenoxy) is 1. The highest BCUT2D eigenvalue weighted by Gasteiger charge is 2.29. The molecule has 0 radical (unpaired) electrons. The molecular weight excluding hydrogens is 346 g/mol. The SMILES string of the molecule is COC(=O)[C@@H](CC(SC)C(=O)c1ccccc1N)NCC(N)CS. The van der Waals surface area contributed by atoms with Gasteiger partial charge >= 0.3 is 5.97 Å². The highest BCUT2D eigenvalue weighted by Crippen LogP contribution is 2.22. The first-order valence-electron chi connectivity index (χ1n) is 7.53. The van der Waals surface area contributed by atoms with Crippen LogP contribution in [0.25, 0.3) is 0 Å². The van der Waals surface area contributed by atoms with Crippen molar-refractivity contribution in [2.75, 3.05) is 31.4 Å². The summed E-state index contributed by atoms with van der Waals surface area (Å²) in [6.07, 6.45) is 2.12. The molecule has 0 heterocycles. The van der Waals surface area contributed by atoms with Crippen LogP contribution in [0.5, 0.6) is 0 Å². The highest BCUT2D eigenvalue weighted by molar-refractivity contribution is 8.00. The van der Waals surface area contributed by atoms with Gasteiger partial charge in [0.05, 0.1) is 12.4 Å². The van der Waals surface area contributed by atoms with E-state index in [4.69, 9.17) is 16.2 Å². The van der Waals surface area contributed by atoms with Gasteiger partial charge in [0, 0.05) is 29.6 Å². The van der Waals surface area contributed by atoms with Crippen LogP contribution >= 0.6 is 24.4 Å². The fourth-order valence-corrected chi connectivity index (χ4v) is 3.04. The summed E-state index contributed by atoms with van der Waals surface area (Å²) in [7, 11) is 1.32. The monoisotopic (exact) mass is 371 g/mol. The summed E-state index contributed by atoms with van der Waals surface area (Å²) in [6, 6.07) is 6.12. The van der Waals surface area contributed by atoms with Gasteiger partial charge in [-0.2, -0.15) is 24.4 Å². The van der Waals surface area contributed by atoms with Crippen LogP contribution in [-0.4, -0.2) is 54.7 Å². The molecular formula is C16H25N3O3S2. The van der Waals surface area contributed by atoms with Crippen LogP contribution in [0.4, 0.5) is 5.69 Å². The molecule has 0 fully saturated rings. The molecule has 5 N–H and O–H groups in total. The molecule has 0 aliphatic heterocycles. The molecule has 3 atom stereocenters. The van der Waals surface area contributed by atoms with Crippen LogP contribution in [0.1, 0.15) is 16.8 Å². The van der Waals surface area contributed by atoms with Crippen molar-refractivity contribution < 1.29 is 14.3 Å². The Balaban J connectivity index is 2.86. The molecule has 0 bridgehead atoms. The number of nitrogens with one attached hydrogen (secondary N) is 1. The Morgan fingerprint density at radius 3 is 2.58 bits per heavy atom. The second-order valence-corrected chi connectivity index (χ2v) is 6.74. The van der Waals surface area contributed by atoms with Gasteiger partial charge in [0.15, 0.2) is 5.78 Å². The van der Waals surface area contributed by atoms with Crippen molar-refractivity contribution in [3.05, 3.63) is 29.8 Å². The number of hydrogen-bond acceptors (Lipinski definition) is 8. The van der Waals surface area contributed by atoms with Crippen molar-refractivity contribution in [2.24, 2.45) is 5.73 Å². The number of thioether (sulfide) groups is 1. The number of Topliss-reactive ketones (excluding diaryl/α,β-unsaturated/α-hetero) is 1. The van der Waals surface area contributed by atoms with E-state index >= 15 is 0 Å². The lowest BCUT2D eigenvalue weighted by atomic mass is 10.0. The van der Waals surface area contributed by atoms with E-state index in [1.54, 1.807) is 24.3 Å². The first-order chi connectivity index (χ1) is 11.4. The fourth-order valence-electron chi connectivity index (χ4n) is 2.18. The van der Waals surface area contributed by atoms with Crippen LogP contribution in [-0.2, 0) is 9.53 Å². The summed E-state index contributed by atoms with van der Waals surface area (Å²) in [5, 5.41) is 2.64. The standard InChI is InChI=1S/C16H25N3O3S2/c1-22-16(21)13(19-8-10(17)9-23)7-14(24-2)15(20)11-5-3-4-6-12(11)18/h3-6,10,13-14,19,23H,7-9,17-18H2,1-2H3/t10?,13-,14?/m1/s1. The molecule has 24 heavy (non-hydrogen) atoms. The number of carbonyl (C=O) groups is 2. The van der Waals surface area contributed by atoms with Crippen molar-refractivity contribution in [3.63, 3.8) is 0 Å². The molecule has 0 aliphatic rings. The zero-order valence-electron chi connectivity index (χ0n) is 13.9. The van der Waals surface area contributed by atoms with Gasteiger partial charge in [-0.05, 0) is 24.8 Å². The maximum absolute atomic E-state index is 12.7. The van der Waals surface area contributed by atoms with E-state index in [1.165, 1.54) is 18.9 Å². The predicted octanol–water partition coefficient (Wildman–Crippen LogP) is 0.962. The molecule has 1 aromatic carbocycles. The van der Waals surface area contributed by atoms with Gasteiger partial charge in [0.1, 0.15) is 6.04 Å². The Morgan fingerprint density at radius 1 is 1.38 bits per heavy atom. The third-order valence-corrected chi connectivity index (χ3v) is 5.04. The summed E-state index contributed by atoms with van der Waals surface area (Å²) < 4.78 is 4.83. The number of carbonyl (C=O) groups excluding carboxylic acids is 2. The normalized spacial score (nSPS) is 14.7. The third kappa shape index (κ3) is 6.01. The summed E-state index contributed by atoms with van der Waals surface area (Å²) >= 11 is 5.50. The van der Waals surface area contributed by atoms with Gasteiger partial charge in [0.2, 0.25) is 0 Å². The van der Waals surface area contributed by atoms with Gasteiger partial charge in [0.25, 0.3) is 0 Å². The van der Waals surface area contributed by atoms with Gasteiger partial charge in [-0.25, -0.2) is 0 Å². The molecule has 134 valence electrons. The molecule has 2 unspecified atom stereocenters. The lowest BCUT2D eigenvalue weighted by molar-refractivity contribution is -0.143. The van der Waals surface area contributed by atoms with E-state index in [-0.39, 0.29) is 11.8 Å². The van der Waals surface area contributed by atoms with E-state index in [0.717, 1.165) is 0 Å². The number of para-hydroxylation sites is 1. The number of nitrogens with two attached hydrogens (primary N) is 2. The van der Waals surface area contributed by atoms with Gasteiger partial charge in [-0.1, -0.05) is 12.1 Å². The molecule has 1 aromatic rings. The summed E-state index contributed by atoms with van der Waals surface area (Å²) in [4.78, 5) is 24.7. The lowest BCUT2D eigenvalue weighted by Crippen LogP contribution is -2.46. The van der Waals surface area contributed by atoms with E-state index in [0.29, 0.717) is 30.0 Å². The second kappa shape index (κ2) is 10.6. The summed E-state index contributed by atoms with van der Waals surface area (Å²) in [5.41, 5.74) is 12.6. The number of benzene rings is 1. The number of nitrogen functional groups attached to an aromatic ring is 1. The van der Waals surface area contributed by atoms with E-state index in [9.17, 15) is 9.59 Å². The Labute approximate surface area is 152 Å². The zero-order chi connectivity index (χ0) is 18.1. The minimum Gasteiger partial charge on any atom is -0.468 e. The van der Waals surface area contributed by atoms with Crippen molar-refractivity contribution in [1.82, 2.24) is 5.32 Å². The quantitative estimate of drug-likeness (QED) is 0.210. The minimum absolute atomic E-state index is 0.102. The first kappa shape index (κ1) is 20.8. The van der Waals surface area contributed by atoms with Crippen molar-refractivity contribution >= 4 is 41.8 Å². The predicted molar refractivity (Wildman–Crippen MR) is 103 cm³/mol. The molecule has 0 aromatic heterocycles. The van der Waals surface area contributed by atoms with Crippen LogP contribution in [0.15, 0.2) is 24.3 Å². The maximum Gasteiger partial charge on any atom is 0.322 e. The fraction of sp³-hybridized carbons (Fsp3) is 0.500. The summed E-state index contributed by atoms with van der Waals surface area (Å²) in [6.45, 7) is 0.409. The Bertz CT molecular complexity index is 557. The van der Waals surface area contributed by atoms with Gasteiger partial charge < -0.3 is 21.5 Å². The Hall–Kier alpha value is -1.22. The number of anilines is 1. The average Bonchev–Trinajstić information content (AvgIpc) is 2.60. The number of methoxy groups -OCH3 is 1. The van der Waals surface area contributed by atoms with E-state index in [1.807, 2.05) is 6.26 Å². The van der Waals surface area contributed by atoms with Gasteiger partial charge in [-0.15, -0.1) is 0 Å². The average molecular weight is 372 g/mol. The Morgan fingerprint density at radius 2 is 2.04 bits per heavy atom. The first-order valence-corrected chi connectivity index (χ1v) is 9.45. The molecule has 0 saturated heterocycles. The molecule has 0 saturated carbocycles. The van der Waals surface area contributed by atoms with E-state index < -0.39 is 17.3 Å². The maximum atomic E-state index is 12.7. The van der Waals surface area contributed by atoms with Crippen molar-refractivity contribution in [2.45, 2.75) is 23.8 Å². The number of ketones is 1. The highest BCUT2D eigenvalue weighted by atomic mass is 32.2. The molecule has 0 spiro atoms. The van der Waals surface area contributed by atoms with Crippen LogP contribution in [0.3, 0.4) is 0 Å².